The summed E-state index contributed by atoms with van der Waals surface area (Å²) in [7, 11) is 0. The molecule has 2 aromatic rings. The molecule has 2 aromatic carbocycles. The van der Waals surface area contributed by atoms with Crippen molar-refractivity contribution >= 4 is 22.5 Å². The van der Waals surface area contributed by atoms with Gasteiger partial charge in [-0.3, -0.25) is 9.59 Å². The lowest BCUT2D eigenvalue weighted by atomic mass is 10.1. The highest BCUT2D eigenvalue weighted by molar-refractivity contribution is 6.38. The molecule has 0 aliphatic carbocycles. The van der Waals surface area contributed by atoms with Gasteiger partial charge in [-0.1, -0.05) is 55.5 Å². The molecular formula is C16H17NO2. The minimum atomic E-state index is -0.415. The van der Waals surface area contributed by atoms with Crippen molar-refractivity contribution in [2.24, 2.45) is 5.92 Å². The Morgan fingerprint density at radius 3 is 1.74 bits per heavy atom. The van der Waals surface area contributed by atoms with Crippen molar-refractivity contribution in [2.75, 3.05) is 6.54 Å². The Morgan fingerprint density at radius 1 is 1.00 bits per heavy atom. The van der Waals surface area contributed by atoms with Crippen LogP contribution in [0.5, 0.6) is 0 Å². The van der Waals surface area contributed by atoms with Gasteiger partial charge in [0.1, 0.15) is 0 Å². The Hall–Kier alpha value is -2.16. The maximum absolute atomic E-state index is 10.7. The number of hydrogen-bond donors (Lipinski definition) is 1. The molecule has 1 fully saturated rings. The maximum atomic E-state index is 10.7. The number of carbonyl (C=O) groups excluding carboxylic acids is 2. The zero-order valence-electron chi connectivity index (χ0n) is 10.9. The van der Waals surface area contributed by atoms with Crippen LogP contribution in [0, 0.1) is 5.92 Å². The van der Waals surface area contributed by atoms with Gasteiger partial charge in [-0.25, -0.2) is 0 Å². The van der Waals surface area contributed by atoms with E-state index in [0.29, 0.717) is 6.54 Å². The summed E-state index contributed by atoms with van der Waals surface area (Å²) in [5.74, 6) is -0.725. The fourth-order valence-corrected chi connectivity index (χ4v) is 2.04. The van der Waals surface area contributed by atoms with E-state index in [1.54, 1.807) is 0 Å². The first-order chi connectivity index (χ1) is 9.22. The molecule has 0 aromatic heterocycles. The number of nitrogens with one attached hydrogen (secondary N) is 1. The molecule has 3 rings (SSSR count). The molecule has 1 amide bonds. The Labute approximate surface area is 112 Å². The topological polar surface area (TPSA) is 46.2 Å². The molecule has 0 saturated carbocycles. The van der Waals surface area contributed by atoms with E-state index in [1.165, 1.54) is 10.8 Å². The van der Waals surface area contributed by atoms with E-state index in [2.05, 4.69) is 53.8 Å². The number of hydrogen-bond acceptors (Lipinski definition) is 2. The highest BCUT2D eigenvalue weighted by Gasteiger charge is 2.30. The molecule has 0 radical (unpaired) electrons. The summed E-state index contributed by atoms with van der Waals surface area (Å²) in [5.41, 5.74) is 0. The lowest BCUT2D eigenvalue weighted by Crippen LogP contribution is -2.18. The first-order valence-corrected chi connectivity index (χ1v) is 6.48. The van der Waals surface area contributed by atoms with E-state index >= 15 is 0 Å². The van der Waals surface area contributed by atoms with Crippen molar-refractivity contribution in [3.8, 4) is 0 Å². The normalized spacial score (nSPS) is 17.8. The molecule has 1 atom stereocenters. The van der Waals surface area contributed by atoms with Gasteiger partial charge in [-0.15, -0.1) is 0 Å². The van der Waals surface area contributed by atoms with E-state index in [0.717, 1.165) is 6.42 Å². The molecule has 1 aliphatic heterocycles. The predicted molar refractivity (Wildman–Crippen MR) is 75.7 cm³/mol. The van der Waals surface area contributed by atoms with Crippen molar-refractivity contribution in [2.45, 2.75) is 13.3 Å². The second-order valence-corrected chi connectivity index (χ2v) is 4.53. The molecule has 0 bridgehead atoms. The number of Topliss-reactive ketones (excluding diaryl/α,β-unsaturated/α-hetero) is 1. The van der Waals surface area contributed by atoms with Crippen LogP contribution in [-0.4, -0.2) is 18.2 Å². The Balaban J connectivity index is 0.000000141. The largest absolute Gasteiger partial charge is 0.349 e. The summed E-state index contributed by atoms with van der Waals surface area (Å²) in [6.07, 6.45) is 0.761. The molecule has 98 valence electrons. The third kappa shape index (κ3) is 3.19. The maximum Gasteiger partial charge on any atom is 0.287 e. The molecule has 19 heavy (non-hydrogen) atoms. The molecule has 1 unspecified atom stereocenters. The van der Waals surface area contributed by atoms with E-state index in [1.807, 2.05) is 6.92 Å². The molecule has 3 nitrogen and oxygen atoms in total. The molecule has 3 heteroatoms. The zero-order chi connectivity index (χ0) is 13.7. The van der Waals surface area contributed by atoms with Crippen molar-refractivity contribution < 1.29 is 9.59 Å². The monoisotopic (exact) mass is 255 g/mol. The van der Waals surface area contributed by atoms with Crippen LogP contribution in [0.3, 0.4) is 0 Å². The SMILES string of the molecule is CCC1CNC(=O)C1=O.c1ccc2ccccc2c1. The molecule has 1 aliphatic rings. The van der Waals surface area contributed by atoms with Gasteiger partial charge in [0.25, 0.3) is 5.91 Å². The van der Waals surface area contributed by atoms with Crippen LogP contribution in [0.2, 0.25) is 0 Å². The van der Waals surface area contributed by atoms with Gasteiger partial charge in [-0.2, -0.15) is 0 Å². The average molecular weight is 255 g/mol. The van der Waals surface area contributed by atoms with Crippen LogP contribution in [0.15, 0.2) is 48.5 Å². The first-order valence-electron chi connectivity index (χ1n) is 6.48. The van der Waals surface area contributed by atoms with Crippen molar-refractivity contribution in [3.63, 3.8) is 0 Å². The van der Waals surface area contributed by atoms with Gasteiger partial charge in [0.15, 0.2) is 0 Å². The minimum Gasteiger partial charge on any atom is -0.349 e. The third-order valence-corrected chi connectivity index (χ3v) is 3.26. The van der Waals surface area contributed by atoms with Crippen LogP contribution in [-0.2, 0) is 9.59 Å². The summed E-state index contributed by atoms with van der Waals surface area (Å²) in [5, 5.41) is 5.10. The summed E-state index contributed by atoms with van der Waals surface area (Å²) in [4.78, 5) is 21.2. The quantitative estimate of drug-likeness (QED) is 0.796. The van der Waals surface area contributed by atoms with Crippen molar-refractivity contribution in [1.29, 1.82) is 0 Å². The van der Waals surface area contributed by atoms with Crippen LogP contribution in [0.25, 0.3) is 10.8 Å². The number of carbonyl (C=O) groups is 2. The van der Waals surface area contributed by atoms with Crippen LogP contribution in [0.1, 0.15) is 13.3 Å². The number of benzene rings is 2. The Kier molecular flexibility index (Phi) is 4.29. The van der Waals surface area contributed by atoms with Gasteiger partial charge in [0, 0.05) is 12.5 Å². The average Bonchev–Trinajstić information content (AvgIpc) is 2.79. The second kappa shape index (κ2) is 6.14. The predicted octanol–water partition coefficient (Wildman–Crippen LogP) is 2.55. The van der Waals surface area contributed by atoms with Crippen molar-refractivity contribution in [3.05, 3.63) is 48.5 Å². The standard InChI is InChI=1S/C10H8.C6H9NO2/c1-2-6-10-8-4-3-7-9(10)5-1;1-2-4-3-7-6(9)5(4)8/h1-8H;4H,2-3H2,1H3,(H,7,9). The highest BCUT2D eigenvalue weighted by Crippen LogP contribution is 2.11. The summed E-state index contributed by atoms with van der Waals surface area (Å²) < 4.78 is 0. The number of amides is 1. The van der Waals surface area contributed by atoms with Crippen molar-refractivity contribution in [1.82, 2.24) is 5.32 Å². The third-order valence-electron chi connectivity index (χ3n) is 3.26. The van der Waals surface area contributed by atoms with E-state index in [4.69, 9.17) is 0 Å². The smallest absolute Gasteiger partial charge is 0.287 e. The van der Waals surface area contributed by atoms with Gasteiger partial charge in [0.2, 0.25) is 5.78 Å². The lowest BCUT2D eigenvalue weighted by Gasteiger charge is -1.95. The van der Waals surface area contributed by atoms with Crippen LogP contribution >= 0.6 is 0 Å². The van der Waals surface area contributed by atoms with Gasteiger partial charge >= 0.3 is 0 Å². The number of ketones is 1. The molecular weight excluding hydrogens is 238 g/mol. The summed E-state index contributed by atoms with van der Waals surface area (Å²) in [6, 6.07) is 16.7. The van der Waals surface area contributed by atoms with E-state index < -0.39 is 5.91 Å². The Morgan fingerprint density at radius 2 is 1.47 bits per heavy atom. The van der Waals surface area contributed by atoms with Crippen LogP contribution < -0.4 is 5.32 Å². The zero-order valence-corrected chi connectivity index (χ0v) is 10.9. The highest BCUT2D eigenvalue weighted by atomic mass is 16.2. The first kappa shape index (κ1) is 13.3. The number of rotatable bonds is 1. The van der Waals surface area contributed by atoms with Crippen LogP contribution in [0.4, 0.5) is 0 Å². The summed E-state index contributed by atoms with van der Waals surface area (Å²) in [6.45, 7) is 2.44. The second-order valence-electron chi connectivity index (χ2n) is 4.53. The molecule has 0 spiro atoms. The fourth-order valence-electron chi connectivity index (χ4n) is 2.04. The molecule has 1 heterocycles. The minimum absolute atomic E-state index is 0.0579. The number of fused-ring (bicyclic) bond motifs is 1. The summed E-state index contributed by atoms with van der Waals surface area (Å²) >= 11 is 0. The molecule has 1 saturated heterocycles. The van der Waals surface area contributed by atoms with Gasteiger partial charge in [0.05, 0.1) is 0 Å². The van der Waals surface area contributed by atoms with E-state index in [9.17, 15) is 9.59 Å². The lowest BCUT2D eigenvalue weighted by molar-refractivity contribution is -0.136. The van der Waals surface area contributed by atoms with Gasteiger partial charge in [-0.05, 0) is 17.2 Å². The Bertz CT molecular complexity index is 527. The van der Waals surface area contributed by atoms with Gasteiger partial charge < -0.3 is 5.32 Å². The fraction of sp³-hybridized carbons (Fsp3) is 0.250. The molecule has 1 N–H and O–H groups in total. The van der Waals surface area contributed by atoms with E-state index in [-0.39, 0.29) is 11.7 Å².